The number of carbonyl (C=O) groups is 1. The Labute approximate surface area is 126 Å². The van der Waals surface area contributed by atoms with E-state index in [2.05, 4.69) is 10.6 Å². The molecule has 1 heterocycles. The van der Waals surface area contributed by atoms with Crippen molar-refractivity contribution in [3.63, 3.8) is 0 Å². The summed E-state index contributed by atoms with van der Waals surface area (Å²) in [6, 6.07) is 3.74. The molecule has 0 saturated carbocycles. The van der Waals surface area contributed by atoms with Gasteiger partial charge in [0, 0.05) is 31.5 Å². The van der Waals surface area contributed by atoms with Gasteiger partial charge in [0.05, 0.1) is 4.92 Å². The first-order chi connectivity index (χ1) is 10.1. The maximum absolute atomic E-state index is 11.8. The van der Waals surface area contributed by atoms with Crippen molar-refractivity contribution < 1.29 is 14.5 Å². The summed E-state index contributed by atoms with van der Waals surface area (Å²) < 4.78 is 5.24. The Kier molecular flexibility index (Phi) is 5.35. The predicted molar refractivity (Wildman–Crippen MR) is 78.7 cm³/mol. The largest absolute Gasteiger partial charge is 0.381 e. The highest BCUT2D eigenvalue weighted by atomic mass is 35.5. The van der Waals surface area contributed by atoms with Gasteiger partial charge in [-0.05, 0) is 30.9 Å². The molecule has 1 aliphatic heterocycles. The number of nitro groups is 1. The Hall–Kier alpha value is -1.86. The topological polar surface area (TPSA) is 93.5 Å². The van der Waals surface area contributed by atoms with Gasteiger partial charge >= 0.3 is 6.03 Å². The van der Waals surface area contributed by atoms with E-state index in [9.17, 15) is 14.9 Å². The smallest absolute Gasteiger partial charge is 0.319 e. The zero-order chi connectivity index (χ0) is 15.2. The molecule has 2 amide bonds. The maximum Gasteiger partial charge on any atom is 0.319 e. The highest BCUT2D eigenvalue weighted by Crippen LogP contribution is 2.27. The Morgan fingerprint density at radius 3 is 2.81 bits per heavy atom. The molecule has 0 spiro atoms. The molecule has 114 valence electrons. The minimum Gasteiger partial charge on any atom is -0.381 e. The van der Waals surface area contributed by atoms with Crippen LogP contribution in [0.2, 0.25) is 5.02 Å². The van der Waals surface area contributed by atoms with E-state index >= 15 is 0 Å². The molecule has 1 aromatic rings. The van der Waals surface area contributed by atoms with Gasteiger partial charge in [-0.3, -0.25) is 10.1 Å². The molecule has 1 fully saturated rings. The van der Waals surface area contributed by atoms with E-state index in [1.165, 1.54) is 18.2 Å². The third-order valence-electron chi connectivity index (χ3n) is 3.29. The van der Waals surface area contributed by atoms with Gasteiger partial charge in [0.1, 0.15) is 5.02 Å². The van der Waals surface area contributed by atoms with Crippen LogP contribution in [0.4, 0.5) is 16.2 Å². The van der Waals surface area contributed by atoms with Crippen LogP contribution in [0.3, 0.4) is 0 Å². The SMILES string of the molecule is O=C(NCC1CCOCC1)Nc1ccc(Cl)c([N+](=O)[O-])c1. The van der Waals surface area contributed by atoms with Gasteiger partial charge in [-0.2, -0.15) is 0 Å². The van der Waals surface area contributed by atoms with E-state index in [0.717, 1.165) is 26.1 Å². The molecule has 1 saturated heterocycles. The molecule has 0 aliphatic carbocycles. The molecule has 2 N–H and O–H groups in total. The van der Waals surface area contributed by atoms with Gasteiger partial charge in [-0.1, -0.05) is 11.6 Å². The number of amides is 2. The van der Waals surface area contributed by atoms with E-state index < -0.39 is 11.0 Å². The normalized spacial score (nSPS) is 15.5. The van der Waals surface area contributed by atoms with Crippen LogP contribution in [0.15, 0.2) is 18.2 Å². The molecule has 8 heteroatoms. The number of nitro benzene ring substituents is 1. The van der Waals surface area contributed by atoms with Crippen molar-refractivity contribution in [1.82, 2.24) is 5.32 Å². The lowest BCUT2D eigenvalue weighted by atomic mass is 10.0. The first-order valence-corrected chi connectivity index (χ1v) is 7.00. The lowest BCUT2D eigenvalue weighted by molar-refractivity contribution is -0.384. The molecule has 0 aromatic heterocycles. The fraction of sp³-hybridized carbons (Fsp3) is 0.462. The van der Waals surface area contributed by atoms with Crippen LogP contribution in [0.5, 0.6) is 0 Å². The summed E-state index contributed by atoms with van der Waals surface area (Å²) in [4.78, 5) is 21.9. The second kappa shape index (κ2) is 7.24. The van der Waals surface area contributed by atoms with Crippen molar-refractivity contribution in [2.24, 2.45) is 5.92 Å². The first kappa shape index (κ1) is 15.5. The average Bonchev–Trinajstić information content (AvgIpc) is 2.48. The second-order valence-corrected chi connectivity index (χ2v) is 5.22. The van der Waals surface area contributed by atoms with Crippen molar-refractivity contribution in [2.75, 3.05) is 25.1 Å². The summed E-state index contributed by atoms with van der Waals surface area (Å²) >= 11 is 5.71. The molecule has 0 atom stereocenters. The molecule has 21 heavy (non-hydrogen) atoms. The zero-order valence-electron chi connectivity index (χ0n) is 11.3. The number of benzene rings is 1. The number of nitrogens with zero attached hydrogens (tertiary/aromatic N) is 1. The monoisotopic (exact) mass is 313 g/mol. The molecular formula is C13H16ClN3O4. The Bertz CT molecular complexity index is 532. The van der Waals surface area contributed by atoms with E-state index in [1.807, 2.05) is 0 Å². The summed E-state index contributed by atoms with van der Waals surface area (Å²) in [5, 5.41) is 16.1. The molecule has 0 bridgehead atoms. The molecule has 7 nitrogen and oxygen atoms in total. The number of rotatable bonds is 4. The molecule has 0 unspecified atom stereocenters. The highest BCUT2D eigenvalue weighted by Gasteiger charge is 2.16. The van der Waals surface area contributed by atoms with Crippen LogP contribution >= 0.6 is 11.6 Å². The van der Waals surface area contributed by atoms with E-state index in [-0.39, 0.29) is 10.7 Å². The van der Waals surface area contributed by atoms with Crippen molar-refractivity contribution in [1.29, 1.82) is 0 Å². The summed E-state index contributed by atoms with van der Waals surface area (Å²) in [6.07, 6.45) is 1.85. The zero-order valence-corrected chi connectivity index (χ0v) is 12.1. The second-order valence-electron chi connectivity index (χ2n) is 4.81. The standard InChI is InChI=1S/C13H16ClN3O4/c14-11-2-1-10(7-12(11)17(19)20)16-13(18)15-8-9-3-5-21-6-4-9/h1-2,7,9H,3-6,8H2,(H2,15,16,18). The number of urea groups is 1. The number of halogens is 1. The van der Waals surface area contributed by atoms with Crippen LogP contribution in [0, 0.1) is 16.0 Å². The molecular weight excluding hydrogens is 298 g/mol. The number of hydrogen-bond donors (Lipinski definition) is 2. The van der Waals surface area contributed by atoms with E-state index in [0.29, 0.717) is 18.2 Å². The van der Waals surface area contributed by atoms with Crippen LogP contribution in [-0.4, -0.2) is 30.7 Å². The molecule has 0 radical (unpaired) electrons. The lowest BCUT2D eigenvalue weighted by Crippen LogP contribution is -2.35. The predicted octanol–water partition coefficient (Wildman–Crippen LogP) is 2.80. The van der Waals surface area contributed by atoms with Gasteiger partial charge in [0.25, 0.3) is 5.69 Å². The highest BCUT2D eigenvalue weighted by molar-refractivity contribution is 6.32. The van der Waals surface area contributed by atoms with Gasteiger partial charge in [-0.15, -0.1) is 0 Å². The maximum atomic E-state index is 11.8. The summed E-state index contributed by atoms with van der Waals surface area (Å²) in [6.45, 7) is 2.00. The third kappa shape index (κ3) is 4.57. The van der Waals surface area contributed by atoms with Crippen LogP contribution in [0.1, 0.15) is 12.8 Å². The lowest BCUT2D eigenvalue weighted by Gasteiger charge is -2.22. The van der Waals surface area contributed by atoms with Crippen molar-refractivity contribution in [3.05, 3.63) is 33.3 Å². The minimum absolute atomic E-state index is 0.0353. The first-order valence-electron chi connectivity index (χ1n) is 6.63. The van der Waals surface area contributed by atoms with Crippen LogP contribution < -0.4 is 10.6 Å². The third-order valence-corrected chi connectivity index (χ3v) is 3.61. The molecule has 1 aromatic carbocycles. The minimum atomic E-state index is -0.590. The Morgan fingerprint density at radius 1 is 1.43 bits per heavy atom. The quantitative estimate of drug-likeness (QED) is 0.660. The fourth-order valence-corrected chi connectivity index (χ4v) is 2.28. The number of carbonyl (C=O) groups excluding carboxylic acids is 1. The van der Waals surface area contributed by atoms with Gasteiger partial charge < -0.3 is 15.4 Å². The van der Waals surface area contributed by atoms with Crippen LogP contribution in [0.25, 0.3) is 0 Å². The van der Waals surface area contributed by atoms with Gasteiger partial charge in [-0.25, -0.2) is 4.79 Å². The summed E-state index contributed by atoms with van der Waals surface area (Å²) in [5.74, 6) is 0.407. The van der Waals surface area contributed by atoms with Crippen molar-refractivity contribution in [3.8, 4) is 0 Å². The van der Waals surface area contributed by atoms with Gasteiger partial charge in [0.15, 0.2) is 0 Å². The van der Waals surface area contributed by atoms with Crippen molar-refractivity contribution >= 4 is 29.0 Å². The summed E-state index contributed by atoms with van der Waals surface area (Å²) in [5.41, 5.74) is 0.0921. The Balaban J connectivity index is 1.87. The van der Waals surface area contributed by atoms with E-state index in [4.69, 9.17) is 16.3 Å². The average molecular weight is 314 g/mol. The fourth-order valence-electron chi connectivity index (χ4n) is 2.09. The molecule has 2 rings (SSSR count). The van der Waals surface area contributed by atoms with Crippen molar-refractivity contribution in [2.45, 2.75) is 12.8 Å². The Morgan fingerprint density at radius 2 is 2.14 bits per heavy atom. The number of anilines is 1. The molecule has 1 aliphatic rings. The van der Waals surface area contributed by atoms with Gasteiger partial charge in [0.2, 0.25) is 0 Å². The number of nitrogens with one attached hydrogen (secondary N) is 2. The number of ether oxygens (including phenoxy) is 1. The summed E-state index contributed by atoms with van der Waals surface area (Å²) in [7, 11) is 0. The number of hydrogen-bond acceptors (Lipinski definition) is 4. The van der Waals surface area contributed by atoms with Crippen LogP contribution in [-0.2, 0) is 4.74 Å². The van der Waals surface area contributed by atoms with E-state index in [1.54, 1.807) is 0 Å².